The van der Waals surface area contributed by atoms with Crippen LogP contribution in [0.3, 0.4) is 0 Å². The van der Waals surface area contributed by atoms with Crippen LogP contribution in [-0.4, -0.2) is 64.0 Å². The number of hydrogen-bond donors (Lipinski definition) is 6. The third-order valence-corrected chi connectivity index (χ3v) is 4.78. The summed E-state index contributed by atoms with van der Waals surface area (Å²) in [6.07, 6.45) is -0.587. The molecule has 0 aromatic carbocycles. The third kappa shape index (κ3) is 9.77. The van der Waals surface area contributed by atoms with Crippen LogP contribution in [0.25, 0.3) is 0 Å². The van der Waals surface area contributed by atoms with Gasteiger partial charge in [-0.15, -0.1) is 0 Å². The molecule has 31 heavy (non-hydrogen) atoms. The van der Waals surface area contributed by atoms with E-state index in [1.807, 2.05) is 0 Å². The van der Waals surface area contributed by atoms with E-state index in [9.17, 15) is 29.1 Å². The second-order valence-electron chi connectivity index (χ2n) is 8.56. The smallest absolute Gasteiger partial charge is 0.326 e. The van der Waals surface area contributed by atoms with Gasteiger partial charge < -0.3 is 31.9 Å². The summed E-state index contributed by atoms with van der Waals surface area (Å²) in [5, 5.41) is 25.6. The van der Waals surface area contributed by atoms with Crippen LogP contribution in [0.4, 0.5) is 0 Å². The van der Waals surface area contributed by atoms with Crippen LogP contribution >= 0.6 is 0 Å². The monoisotopic (exact) mass is 444 g/mol. The number of aliphatic carboxylic acids is 2. The molecule has 0 aromatic heterocycles. The van der Waals surface area contributed by atoms with Crippen LogP contribution in [0.15, 0.2) is 0 Å². The molecule has 0 rings (SSSR count). The summed E-state index contributed by atoms with van der Waals surface area (Å²) >= 11 is 0. The summed E-state index contributed by atoms with van der Waals surface area (Å²) < 4.78 is 0. The molecule has 178 valence electrons. The summed E-state index contributed by atoms with van der Waals surface area (Å²) in [7, 11) is 0. The Bertz CT molecular complexity index is 664. The zero-order chi connectivity index (χ0) is 24.5. The van der Waals surface area contributed by atoms with E-state index >= 15 is 0 Å². The first-order valence-electron chi connectivity index (χ1n) is 10.3. The van der Waals surface area contributed by atoms with Crippen LogP contribution < -0.4 is 21.7 Å². The molecule has 0 aliphatic rings. The van der Waals surface area contributed by atoms with Gasteiger partial charge in [-0.2, -0.15) is 0 Å². The average Bonchev–Trinajstić information content (AvgIpc) is 2.64. The first-order valence-corrected chi connectivity index (χ1v) is 10.3. The van der Waals surface area contributed by atoms with Gasteiger partial charge in [-0.1, -0.05) is 41.5 Å². The van der Waals surface area contributed by atoms with Crippen LogP contribution in [-0.2, 0) is 24.0 Å². The second kappa shape index (κ2) is 12.9. The van der Waals surface area contributed by atoms with E-state index in [0.29, 0.717) is 0 Å². The van der Waals surface area contributed by atoms with Gasteiger partial charge in [-0.3, -0.25) is 19.2 Å². The highest BCUT2D eigenvalue weighted by Gasteiger charge is 2.33. The molecule has 3 amide bonds. The lowest BCUT2D eigenvalue weighted by Crippen LogP contribution is -2.59. The van der Waals surface area contributed by atoms with Crippen molar-refractivity contribution < 1.29 is 34.2 Å². The summed E-state index contributed by atoms with van der Waals surface area (Å²) in [5.41, 5.74) is 5.79. The Kier molecular flexibility index (Phi) is 11.8. The Morgan fingerprint density at radius 1 is 0.710 bits per heavy atom. The second-order valence-corrected chi connectivity index (χ2v) is 8.56. The van der Waals surface area contributed by atoms with Crippen molar-refractivity contribution in [2.24, 2.45) is 23.5 Å². The molecule has 0 aliphatic heterocycles. The van der Waals surface area contributed by atoms with Gasteiger partial charge in [0.25, 0.3) is 0 Å². The van der Waals surface area contributed by atoms with Crippen molar-refractivity contribution in [1.29, 1.82) is 0 Å². The van der Waals surface area contributed by atoms with Crippen molar-refractivity contribution in [2.75, 3.05) is 0 Å². The molecule has 0 fully saturated rings. The fourth-order valence-corrected chi connectivity index (χ4v) is 2.65. The summed E-state index contributed by atoms with van der Waals surface area (Å²) in [6.45, 7) is 10.0. The Labute approximate surface area is 182 Å². The van der Waals surface area contributed by atoms with Crippen molar-refractivity contribution in [3.63, 3.8) is 0 Å². The van der Waals surface area contributed by atoms with Crippen LogP contribution in [0, 0.1) is 17.8 Å². The zero-order valence-electron chi connectivity index (χ0n) is 19.0. The molecule has 0 spiro atoms. The number of nitrogens with two attached hydrogens (primary N) is 1. The molecular formula is C20H36N4O7. The Morgan fingerprint density at radius 2 is 1.19 bits per heavy atom. The minimum Gasteiger partial charge on any atom is -0.481 e. The standard InChI is InChI=1S/C20H36N4O7/c1-9(2)14(21)18(28)22-12(7-8-13(25)26)17(27)23-15(10(3)4)19(29)24-16(11(5)6)20(30)31/h9-12,14-16H,7-8,21H2,1-6H3,(H,22,28)(H,23,27)(H,24,29)(H,25,26)(H,30,31). The predicted octanol–water partition coefficient (Wildman–Crippen LogP) is -0.314. The lowest BCUT2D eigenvalue weighted by atomic mass is 9.99. The maximum absolute atomic E-state index is 12.8. The van der Waals surface area contributed by atoms with E-state index in [4.69, 9.17) is 10.8 Å². The summed E-state index contributed by atoms with van der Waals surface area (Å²) in [5.74, 6) is -5.41. The van der Waals surface area contributed by atoms with E-state index in [2.05, 4.69) is 16.0 Å². The molecule has 4 atom stereocenters. The highest BCUT2D eigenvalue weighted by Crippen LogP contribution is 2.09. The lowest BCUT2D eigenvalue weighted by Gasteiger charge is -2.28. The fourth-order valence-electron chi connectivity index (χ4n) is 2.65. The van der Waals surface area contributed by atoms with Crippen LogP contribution in [0.2, 0.25) is 0 Å². The molecule has 0 aliphatic carbocycles. The highest BCUT2D eigenvalue weighted by molar-refractivity contribution is 5.94. The molecule has 11 heteroatoms. The highest BCUT2D eigenvalue weighted by atomic mass is 16.4. The minimum absolute atomic E-state index is 0.200. The van der Waals surface area contributed by atoms with Crippen molar-refractivity contribution in [2.45, 2.75) is 78.6 Å². The number of carbonyl (C=O) groups is 5. The molecule has 0 bridgehead atoms. The number of hydrogen-bond acceptors (Lipinski definition) is 6. The van der Waals surface area contributed by atoms with Crippen molar-refractivity contribution in [1.82, 2.24) is 16.0 Å². The Morgan fingerprint density at radius 3 is 1.58 bits per heavy atom. The molecule has 0 heterocycles. The predicted molar refractivity (Wildman–Crippen MR) is 113 cm³/mol. The number of nitrogens with one attached hydrogen (secondary N) is 3. The average molecular weight is 445 g/mol. The summed E-state index contributed by atoms with van der Waals surface area (Å²) in [6, 6.07) is -4.34. The van der Waals surface area contributed by atoms with Crippen molar-refractivity contribution >= 4 is 29.7 Å². The Hall–Kier alpha value is -2.69. The molecule has 4 unspecified atom stereocenters. The van der Waals surface area contributed by atoms with E-state index in [1.54, 1.807) is 41.5 Å². The Balaban J connectivity index is 5.49. The molecule has 0 saturated heterocycles. The van der Waals surface area contributed by atoms with Gasteiger partial charge in [0.15, 0.2) is 0 Å². The van der Waals surface area contributed by atoms with Crippen LogP contribution in [0.5, 0.6) is 0 Å². The normalized spacial score (nSPS) is 15.2. The molecular weight excluding hydrogens is 408 g/mol. The van der Waals surface area contributed by atoms with Gasteiger partial charge >= 0.3 is 11.9 Å². The van der Waals surface area contributed by atoms with Crippen molar-refractivity contribution in [3.05, 3.63) is 0 Å². The van der Waals surface area contributed by atoms with Gasteiger partial charge in [0.05, 0.1) is 6.04 Å². The van der Waals surface area contributed by atoms with Crippen LogP contribution in [0.1, 0.15) is 54.4 Å². The van der Waals surface area contributed by atoms with E-state index < -0.39 is 59.7 Å². The molecule has 0 aromatic rings. The number of carboxylic acids is 2. The molecule has 0 radical (unpaired) electrons. The first kappa shape index (κ1) is 28.3. The SMILES string of the molecule is CC(C)C(N)C(=O)NC(CCC(=O)O)C(=O)NC(C(=O)NC(C(=O)O)C(C)C)C(C)C. The molecule has 11 nitrogen and oxygen atoms in total. The minimum atomic E-state index is -1.22. The molecule has 7 N–H and O–H groups in total. The number of carboxylic acid groups (broad SMARTS) is 2. The topological polar surface area (TPSA) is 188 Å². The largest absolute Gasteiger partial charge is 0.481 e. The van der Waals surface area contributed by atoms with Gasteiger partial charge in [0.2, 0.25) is 17.7 Å². The third-order valence-electron chi connectivity index (χ3n) is 4.78. The van der Waals surface area contributed by atoms with Gasteiger partial charge in [-0.25, -0.2) is 4.79 Å². The quantitative estimate of drug-likeness (QED) is 0.223. The number of amides is 3. The van der Waals surface area contributed by atoms with E-state index in [-0.39, 0.29) is 24.7 Å². The summed E-state index contributed by atoms with van der Waals surface area (Å²) in [4.78, 5) is 60.1. The van der Waals surface area contributed by atoms with Crippen molar-refractivity contribution in [3.8, 4) is 0 Å². The van der Waals surface area contributed by atoms with Gasteiger partial charge in [0, 0.05) is 6.42 Å². The zero-order valence-corrected chi connectivity index (χ0v) is 19.0. The van der Waals surface area contributed by atoms with E-state index in [1.165, 1.54) is 0 Å². The first-order chi connectivity index (χ1) is 14.2. The van der Waals surface area contributed by atoms with E-state index in [0.717, 1.165) is 0 Å². The maximum Gasteiger partial charge on any atom is 0.326 e. The van der Waals surface area contributed by atoms with Gasteiger partial charge in [-0.05, 0) is 24.2 Å². The molecule has 0 saturated carbocycles. The lowest BCUT2D eigenvalue weighted by molar-refractivity contribution is -0.143. The maximum atomic E-state index is 12.8. The van der Waals surface area contributed by atoms with Gasteiger partial charge in [0.1, 0.15) is 18.1 Å². The fraction of sp³-hybridized carbons (Fsp3) is 0.750. The number of rotatable bonds is 13. The number of carbonyl (C=O) groups excluding carboxylic acids is 3.